The first-order valence-electron chi connectivity index (χ1n) is 5.99. The van der Waals surface area contributed by atoms with Gasteiger partial charge in [-0.1, -0.05) is 17.7 Å². The molecule has 0 radical (unpaired) electrons. The van der Waals surface area contributed by atoms with Crippen molar-refractivity contribution in [2.75, 3.05) is 4.90 Å². The van der Waals surface area contributed by atoms with Gasteiger partial charge in [-0.05, 0) is 24.3 Å². The molecule has 6 nitrogen and oxygen atoms in total. The van der Waals surface area contributed by atoms with E-state index in [1.165, 1.54) is 14.3 Å². The van der Waals surface area contributed by atoms with Crippen molar-refractivity contribution in [1.82, 2.24) is 14.3 Å². The number of aromatic nitrogens is 3. The van der Waals surface area contributed by atoms with Gasteiger partial charge in [0.05, 0.1) is 13.1 Å². The Balaban J connectivity index is 2.01. The Hall–Kier alpha value is -2.34. The van der Waals surface area contributed by atoms with E-state index in [-0.39, 0.29) is 19.1 Å². The Morgan fingerprint density at radius 1 is 1.30 bits per heavy atom. The number of halogens is 1. The molecular weight excluding hydrogens is 280 g/mol. The maximum atomic E-state index is 12.4. The Morgan fingerprint density at radius 2 is 2.00 bits per heavy atom. The molecule has 0 spiro atoms. The smallest absolute Gasteiger partial charge is 0.285 e. The van der Waals surface area contributed by atoms with Crippen molar-refractivity contribution in [2.45, 2.75) is 13.1 Å². The van der Waals surface area contributed by atoms with Gasteiger partial charge < -0.3 is 0 Å². The van der Waals surface area contributed by atoms with Crippen molar-refractivity contribution >= 4 is 23.3 Å². The first-order chi connectivity index (χ1) is 9.61. The largest absolute Gasteiger partial charge is 0.364 e. The van der Waals surface area contributed by atoms with Crippen LogP contribution in [0.15, 0.2) is 41.7 Å². The van der Waals surface area contributed by atoms with Gasteiger partial charge in [-0.25, -0.2) is 14.3 Å². The first-order valence-corrected chi connectivity index (χ1v) is 6.36. The lowest BCUT2D eigenvalue weighted by Crippen LogP contribution is -2.33. The summed E-state index contributed by atoms with van der Waals surface area (Å²) in [5.41, 5.74) is 0.270. The molecule has 2 heterocycles. The fourth-order valence-corrected chi connectivity index (χ4v) is 2.31. The van der Waals surface area contributed by atoms with Crippen LogP contribution in [-0.2, 0) is 13.1 Å². The second kappa shape index (κ2) is 4.64. The Morgan fingerprint density at radius 3 is 2.65 bits per heavy atom. The molecule has 2 aromatic rings. The fraction of sp³-hybridized carbons (Fsp3) is 0.154. The summed E-state index contributed by atoms with van der Waals surface area (Å²) in [7, 11) is 0. The van der Waals surface area contributed by atoms with Gasteiger partial charge in [0, 0.05) is 10.7 Å². The number of carbonyl (C=O) groups excluding carboxylic acids is 1. The second-order valence-corrected chi connectivity index (χ2v) is 4.77. The van der Waals surface area contributed by atoms with E-state index in [2.05, 4.69) is 11.6 Å². The predicted molar refractivity (Wildman–Crippen MR) is 75.1 cm³/mol. The van der Waals surface area contributed by atoms with Crippen LogP contribution in [0.3, 0.4) is 0 Å². The molecule has 0 aliphatic carbocycles. The molecule has 1 aromatic heterocycles. The zero-order valence-electron chi connectivity index (χ0n) is 10.5. The molecule has 0 atom stereocenters. The molecule has 1 aromatic carbocycles. The first kappa shape index (κ1) is 12.7. The van der Waals surface area contributed by atoms with E-state index in [1.807, 2.05) is 0 Å². The van der Waals surface area contributed by atoms with Crippen LogP contribution in [0.1, 0.15) is 5.82 Å². The third-order valence-corrected chi connectivity index (χ3v) is 3.34. The van der Waals surface area contributed by atoms with Gasteiger partial charge in [0.2, 0.25) is 0 Å². The molecule has 102 valence electrons. The standard InChI is InChI=1S/C13H11ClN4O2/c1-2-7-17-12(19)15-11-8-16(13(20)18(11)17)10-5-3-9(14)4-6-10/h2-6H,1,7-8H2. The van der Waals surface area contributed by atoms with Gasteiger partial charge in [-0.3, -0.25) is 4.90 Å². The van der Waals surface area contributed by atoms with Crippen LogP contribution in [0.25, 0.3) is 0 Å². The molecule has 1 amide bonds. The van der Waals surface area contributed by atoms with Gasteiger partial charge in [0.15, 0.2) is 5.82 Å². The summed E-state index contributed by atoms with van der Waals surface area (Å²) < 4.78 is 2.55. The average Bonchev–Trinajstić information content (AvgIpc) is 2.89. The number of anilines is 1. The molecular formula is C13H11ClN4O2. The molecule has 7 heteroatoms. The van der Waals surface area contributed by atoms with Crippen LogP contribution >= 0.6 is 11.6 Å². The third-order valence-electron chi connectivity index (χ3n) is 3.08. The quantitative estimate of drug-likeness (QED) is 0.811. The SMILES string of the molecule is C=CCn1c(=O)nc2n1C(=O)N(c1ccc(Cl)cc1)C2. The van der Waals surface area contributed by atoms with Crippen LogP contribution in [0.4, 0.5) is 10.5 Å². The number of amides is 1. The lowest BCUT2D eigenvalue weighted by molar-refractivity contribution is 0.244. The van der Waals surface area contributed by atoms with Crippen molar-refractivity contribution in [2.24, 2.45) is 0 Å². The van der Waals surface area contributed by atoms with Gasteiger partial charge in [-0.2, -0.15) is 9.67 Å². The number of allylic oxidation sites excluding steroid dienone is 1. The third kappa shape index (κ3) is 1.85. The van der Waals surface area contributed by atoms with Gasteiger partial charge in [0.1, 0.15) is 0 Å². The summed E-state index contributed by atoms with van der Waals surface area (Å²) in [5, 5.41) is 0.599. The zero-order valence-corrected chi connectivity index (χ0v) is 11.2. The molecule has 3 rings (SSSR count). The normalized spacial score (nSPS) is 13.7. The van der Waals surface area contributed by atoms with Crippen molar-refractivity contribution in [3.05, 3.63) is 58.3 Å². The zero-order chi connectivity index (χ0) is 14.3. The number of rotatable bonds is 3. The van der Waals surface area contributed by atoms with Crippen molar-refractivity contribution in [3.63, 3.8) is 0 Å². The van der Waals surface area contributed by atoms with Gasteiger partial charge in [-0.15, -0.1) is 6.58 Å². The predicted octanol–water partition coefficient (Wildman–Crippen LogP) is 1.87. The highest BCUT2D eigenvalue weighted by Crippen LogP contribution is 2.24. The van der Waals surface area contributed by atoms with Crippen molar-refractivity contribution in [3.8, 4) is 0 Å². The summed E-state index contributed by atoms with van der Waals surface area (Å²) in [6.45, 7) is 4.08. The molecule has 1 aliphatic rings. The molecule has 0 N–H and O–H groups in total. The molecule has 0 unspecified atom stereocenters. The van der Waals surface area contributed by atoms with Crippen LogP contribution in [-0.4, -0.2) is 20.4 Å². The summed E-state index contributed by atoms with van der Waals surface area (Å²) >= 11 is 5.83. The summed E-state index contributed by atoms with van der Waals surface area (Å²) in [6, 6.07) is 6.62. The highest BCUT2D eigenvalue weighted by atomic mass is 35.5. The number of hydrogen-bond acceptors (Lipinski definition) is 3. The minimum Gasteiger partial charge on any atom is -0.285 e. The topological polar surface area (TPSA) is 60.1 Å². The van der Waals surface area contributed by atoms with E-state index in [1.54, 1.807) is 30.3 Å². The van der Waals surface area contributed by atoms with Crippen LogP contribution in [0.2, 0.25) is 5.02 Å². The van der Waals surface area contributed by atoms with E-state index in [9.17, 15) is 9.59 Å². The van der Waals surface area contributed by atoms with Crippen LogP contribution in [0, 0.1) is 0 Å². The molecule has 0 saturated heterocycles. The number of nitrogens with zero attached hydrogens (tertiary/aromatic N) is 4. The highest BCUT2D eigenvalue weighted by Gasteiger charge is 2.32. The highest BCUT2D eigenvalue weighted by molar-refractivity contribution is 6.30. The Kier molecular flexibility index (Phi) is 2.94. The number of fused-ring (bicyclic) bond motifs is 1. The maximum absolute atomic E-state index is 12.4. The summed E-state index contributed by atoms with van der Waals surface area (Å²) in [5.74, 6) is 0.428. The lowest BCUT2D eigenvalue weighted by atomic mass is 10.3. The number of carbonyl (C=O) groups is 1. The van der Waals surface area contributed by atoms with Crippen LogP contribution < -0.4 is 10.6 Å². The average molecular weight is 291 g/mol. The summed E-state index contributed by atoms with van der Waals surface area (Å²) in [4.78, 5) is 29.5. The van der Waals surface area contributed by atoms with E-state index in [0.717, 1.165) is 0 Å². The van der Waals surface area contributed by atoms with E-state index in [0.29, 0.717) is 16.5 Å². The van der Waals surface area contributed by atoms with E-state index >= 15 is 0 Å². The van der Waals surface area contributed by atoms with E-state index < -0.39 is 5.69 Å². The fourth-order valence-electron chi connectivity index (χ4n) is 2.18. The van der Waals surface area contributed by atoms with E-state index in [4.69, 9.17) is 11.6 Å². The van der Waals surface area contributed by atoms with Crippen molar-refractivity contribution < 1.29 is 4.79 Å². The monoisotopic (exact) mass is 290 g/mol. The minimum absolute atomic E-state index is 0.242. The Labute approximate surface area is 119 Å². The Bertz CT molecular complexity index is 745. The number of benzene rings is 1. The van der Waals surface area contributed by atoms with Gasteiger partial charge in [0.25, 0.3) is 0 Å². The summed E-state index contributed by atoms with van der Waals surface area (Å²) in [6.07, 6.45) is 1.55. The maximum Gasteiger partial charge on any atom is 0.364 e. The second-order valence-electron chi connectivity index (χ2n) is 4.34. The minimum atomic E-state index is -0.441. The van der Waals surface area contributed by atoms with Gasteiger partial charge >= 0.3 is 11.7 Å². The molecule has 0 fully saturated rings. The lowest BCUT2D eigenvalue weighted by Gasteiger charge is -2.15. The van der Waals surface area contributed by atoms with Crippen LogP contribution in [0.5, 0.6) is 0 Å². The number of hydrogen-bond donors (Lipinski definition) is 0. The van der Waals surface area contributed by atoms with Crippen molar-refractivity contribution in [1.29, 1.82) is 0 Å². The molecule has 1 aliphatic heterocycles. The molecule has 20 heavy (non-hydrogen) atoms. The molecule has 0 bridgehead atoms. The molecule has 0 saturated carbocycles.